The van der Waals surface area contributed by atoms with Gasteiger partial charge in [0.25, 0.3) is 17.4 Å². The van der Waals surface area contributed by atoms with Crippen molar-refractivity contribution >= 4 is 35.2 Å². The molecule has 184 valence electrons. The van der Waals surface area contributed by atoms with E-state index in [1.165, 1.54) is 0 Å². The van der Waals surface area contributed by atoms with E-state index in [4.69, 9.17) is 4.74 Å². The molecule has 3 aromatic rings. The zero-order valence-electron chi connectivity index (χ0n) is 19.8. The molecule has 1 aromatic carbocycles. The molecule has 0 unspecified atom stereocenters. The van der Waals surface area contributed by atoms with Crippen LogP contribution in [0.3, 0.4) is 0 Å². The van der Waals surface area contributed by atoms with Gasteiger partial charge >= 0.3 is 0 Å². The number of nitrogens with one attached hydrogen (secondary N) is 3. The predicted octanol–water partition coefficient (Wildman–Crippen LogP) is 3.54. The number of aromatic amines is 1. The monoisotopic (exact) mass is 484 g/mol. The van der Waals surface area contributed by atoms with Crippen molar-refractivity contribution in [1.82, 2.24) is 14.9 Å². The smallest absolute Gasteiger partial charge is 0.263 e. The third-order valence-electron chi connectivity index (χ3n) is 6.50. The average Bonchev–Trinajstić information content (AvgIpc) is 3.51. The van der Waals surface area contributed by atoms with Gasteiger partial charge in [0.15, 0.2) is 0 Å². The number of hydrogen-bond acceptors (Lipinski definition) is 4. The second kappa shape index (κ2) is 10.6. The highest BCUT2D eigenvalue weighted by Gasteiger charge is 2.24. The molecule has 4 heterocycles. The van der Waals surface area contributed by atoms with Crippen LogP contribution in [0.4, 0.5) is 5.69 Å². The second-order valence-corrected chi connectivity index (χ2v) is 8.99. The average molecular weight is 485 g/mol. The van der Waals surface area contributed by atoms with Crippen LogP contribution in [0, 0.1) is 5.92 Å². The zero-order valence-corrected chi connectivity index (χ0v) is 19.8. The van der Waals surface area contributed by atoms with Crippen LogP contribution in [0.15, 0.2) is 65.7 Å². The van der Waals surface area contributed by atoms with Gasteiger partial charge in [-0.05, 0) is 60.7 Å². The van der Waals surface area contributed by atoms with Crippen molar-refractivity contribution in [3.63, 3.8) is 0 Å². The summed E-state index contributed by atoms with van der Waals surface area (Å²) in [4.78, 5) is 40.9. The second-order valence-electron chi connectivity index (χ2n) is 8.99. The molecule has 2 aliphatic heterocycles. The molecule has 0 spiro atoms. The summed E-state index contributed by atoms with van der Waals surface area (Å²) in [6.07, 6.45) is 10.9. The molecular weight excluding hydrogens is 456 g/mol. The zero-order chi connectivity index (χ0) is 24.9. The predicted molar refractivity (Wildman–Crippen MR) is 139 cm³/mol. The first-order valence-corrected chi connectivity index (χ1v) is 12.1. The van der Waals surface area contributed by atoms with Crippen molar-refractivity contribution in [3.8, 4) is 0 Å². The molecule has 1 fully saturated rings. The highest BCUT2D eigenvalue weighted by molar-refractivity contribution is 6.34. The van der Waals surface area contributed by atoms with Gasteiger partial charge in [0, 0.05) is 55.6 Å². The van der Waals surface area contributed by atoms with Crippen LogP contribution in [0.1, 0.15) is 40.0 Å². The van der Waals surface area contributed by atoms with Gasteiger partial charge in [0.2, 0.25) is 0 Å². The summed E-state index contributed by atoms with van der Waals surface area (Å²) in [5.74, 6) is -0.153. The van der Waals surface area contributed by atoms with E-state index >= 15 is 0 Å². The highest BCUT2D eigenvalue weighted by Crippen LogP contribution is 2.33. The number of nitrogens with zero attached hydrogens (tertiary/aromatic N) is 1. The van der Waals surface area contributed by atoms with Gasteiger partial charge in [0.05, 0.1) is 5.57 Å². The number of H-pyrrole nitrogens is 1. The minimum Gasteiger partial charge on any atom is -0.381 e. The molecule has 0 saturated carbocycles. The van der Waals surface area contributed by atoms with E-state index in [2.05, 4.69) is 15.6 Å². The molecule has 2 amide bonds. The molecule has 0 radical (unpaired) electrons. The molecule has 8 nitrogen and oxygen atoms in total. The summed E-state index contributed by atoms with van der Waals surface area (Å²) in [6.45, 7) is 2.30. The fourth-order valence-electron chi connectivity index (χ4n) is 4.55. The van der Waals surface area contributed by atoms with Crippen LogP contribution < -0.4 is 16.2 Å². The summed E-state index contributed by atoms with van der Waals surface area (Å²) < 4.78 is 7.01. The molecule has 0 aliphatic carbocycles. The Balaban J connectivity index is 1.20. The first-order chi connectivity index (χ1) is 17.6. The SMILES string of the molecule is O=C1Nc2cc(C=CCNC(=O)c3cccn(CC4CCOCC4)c3=O)ccc2C1=Cc1ccc[nH]1. The number of fused-ring (bicyclic) bond motifs is 1. The standard InChI is InChI=1S/C28H28N4O4/c33-26(23-6-3-13-32(28(23)35)18-20-9-14-36-15-10-20)30-12-1-4-19-7-8-22-24(17-21-5-2-11-29-21)27(34)31-25(22)16-19/h1-8,11,13,16-17,20,29H,9-10,12,14-15,18H2,(H,30,33)(H,31,34). The number of ether oxygens (including phenoxy) is 1. The lowest BCUT2D eigenvalue weighted by atomic mass is 10.0. The number of benzene rings is 1. The Labute approximate surface area is 208 Å². The summed E-state index contributed by atoms with van der Waals surface area (Å²) in [5, 5.41) is 5.69. The molecule has 36 heavy (non-hydrogen) atoms. The lowest BCUT2D eigenvalue weighted by Gasteiger charge is -2.22. The summed E-state index contributed by atoms with van der Waals surface area (Å²) >= 11 is 0. The Hall–Kier alpha value is -4.17. The fraction of sp³-hybridized carbons (Fsp3) is 0.250. The van der Waals surface area contributed by atoms with Crippen molar-refractivity contribution < 1.29 is 14.3 Å². The summed E-state index contributed by atoms with van der Waals surface area (Å²) in [5.41, 5.74) is 3.83. The number of hydrogen-bond donors (Lipinski definition) is 3. The van der Waals surface area contributed by atoms with E-state index in [1.807, 2.05) is 54.8 Å². The number of aromatic nitrogens is 2. The number of amides is 2. The Morgan fingerprint density at radius 3 is 2.81 bits per heavy atom. The van der Waals surface area contributed by atoms with Crippen molar-refractivity contribution in [2.75, 3.05) is 25.1 Å². The third-order valence-corrected chi connectivity index (χ3v) is 6.50. The molecule has 2 aliphatic rings. The highest BCUT2D eigenvalue weighted by atomic mass is 16.5. The maximum atomic E-state index is 12.8. The minimum absolute atomic E-state index is 0.139. The van der Waals surface area contributed by atoms with Crippen LogP contribution in [0.5, 0.6) is 0 Å². The number of rotatable bonds is 7. The quantitative estimate of drug-likeness (QED) is 0.446. The van der Waals surface area contributed by atoms with E-state index in [9.17, 15) is 14.4 Å². The third kappa shape index (κ3) is 5.23. The fourth-order valence-corrected chi connectivity index (χ4v) is 4.55. The Kier molecular flexibility index (Phi) is 6.95. The number of pyridine rings is 1. The van der Waals surface area contributed by atoms with Gasteiger partial charge in [-0.3, -0.25) is 14.4 Å². The summed E-state index contributed by atoms with van der Waals surface area (Å²) in [7, 11) is 0. The maximum absolute atomic E-state index is 12.8. The molecule has 1 saturated heterocycles. The van der Waals surface area contributed by atoms with Crippen LogP contribution in [-0.2, 0) is 16.1 Å². The lowest BCUT2D eigenvalue weighted by Crippen LogP contribution is -2.34. The summed E-state index contributed by atoms with van der Waals surface area (Å²) in [6, 6.07) is 12.8. The number of carbonyl (C=O) groups is 2. The molecule has 8 heteroatoms. The molecule has 5 rings (SSSR count). The number of carbonyl (C=O) groups excluding carboxylic acids is 2. The van der Waals surface area contributed by atoms with E-state index in [1.54, 1.807) is 22.9 Å². The van der Waals surface area contributed by atoms with Gasteiger partial charge in [-0.2, -0.15) is 0 Å². The van der Waals surface area contributed by atoms with Crippen LogP contribution >= 0.6 is 0 Å². The minimum atomic E-state index is -0.397. The van der Waals surface area contributed by atoms with Gasteiger partial charge in [-0.1, -0.05) is 24.3 Å². The van der Waals surface area contributed by atoms with Crippen molar-refractivity contribution in [1.29, 1.82) is 0 Å². The lowest BCUT2D eigenvalue weighted by molar-refractivity contribution is -0.110. The van der Waals surface area contributed by atoms with E-state index in [0.717, 1.165) is 35.3 Å². The van der Waals surface area contributed by atoms with E-state index in [0.29, 0.717) is 31.2 Å². The van der Waals surface area contributed by atoms with Crippen molar-refractivity contribution in [2.45, 2.75) is 19.4 Å². The topological polar surface area (TPSA) is 105 Å². The largest absolute Gasteiger partial charge is 0.381 e. The Bertz CT molecular complexity index is 1380. The normalized spacial score (nSPS) is 16.9. The van der Waals surface area contributed by atoms with E-state index in [-0.39, 0.29) is 23.6 Å². The first-order valence-electron chi connectivity index (χ1n) is 12.1. The van der Waals surface area contributed by atoms with Crippen molar-refractivity contribution in [2.24, 2.45) is 5.92 Å². The van der Waals surface area contributed by atoms with E-state index < -0.39 is 5.91 Å². The van der Waals surface area contributed by atoms with Gasteiger partial charge in [-0.15, -0.1) is 0 Å². The Morgan fingerprint density at radius 2 is 2.00 bits per heavy atom. The van der Waals surface area contributed by atoms with Crippen LogP contribution in [0.25, 0.3) is 17.7 Å². The van der Waals surface area contributed by atoms with Gasteiger partial charge < -0.3 is 24.9 Å². The van der Waals surface area contributed by atoms with Crippen LogP contribution in [0.2, 0.25) is 0 Å². The number of anilines is 1. The maximum Gasteiger partial charge on any atom is 0.263 e. The first kappa shape index (κ1) is 23.6. The van der Waals surface area contributed by atoms with Gasteiger partial charge in [0.1, 0.15) is 5.56 Å². The Morgan fingerprint density at radius 1 is 1.14 bits per heavy atom. The molecule has 2 aromatic heterocycles. The van der Waals surface area contributed by atoms with Crippen LogP contribution in [-0.4, -0.2) is 41.1 Å². The van der Waals surface area contributed by atoms with Crippen molar-refractivity contribution in [3.05, 3.63) is 93.7 Å². The molecule has 0 bridgehead atoms. The molecule has 0 atom stereocenters. The molecule has 3 N–H and O–H groups in total. The van der Waals surface area contributed by atoms with Gasteiger partial charge in [-0.25, -0.2) is 0 Å². The molecular formula is C28H28N4O4.